The third-order valence-corrected chi connectivity index (χ3v) is 8.62. The fourth-order valence-corrected chi connectivity index (χ4v) is 8.17. The Labute approximate surface area is 157 Å². The molecule has 0 rings (SSSR count). The van der Waals surface area contributed by atoms with Crippen molar-refractivity contribution < 1.29 is 17.9 Å². The summed E-state index contributed by atoms with van der Waals surface area (Å²) in [6.45, 7) is 14.3. The molecular formula is C12H34AlCl4Ti. The van der Waals surface area contributed by atoms with Crippen LogP contribution in [0.25, 0.3) is 0 Å². The molecule has 0 aliphatic rings. The van der Waals surface area contributed by atoms with Gasteiger partial charge < -0.3 is 0 Å². The number of halogens is 4. The van der Waals surface area contributed by atoms with Crippen LogP contribution < -0.4 is 0 Å². The van der Waals surface area contributed by atoms with E-state index in [-0.39, 0.29) is 67.0 Å². The minimum atomic E-state index is -0.681. The average molecular weight is 395 g/mol. The zero-order valence-corrected chi connectivity index (χ0v) is 16.8. The zero-order valence-electron chi connectivity index (χ0n) is 12.0. The molecule has 0 amide bonds. The first-order valence-corrected chi connectivity index (χ1v) is 9.06. The fourth-order valence-electron chi connectivity index (χ4n) is 1.98. The van der Waals surface area contributed by atoms with Gasteiger partial charge in [0.05, 0.1) is 0 Å². The van der Waals surface area contributed by atoms with Crippen LogP contribution in [0.4, 0.5) is 0 Å². The van der Waals surface area contributed by atoms with Crippen LogP contribution in [0.2, 0.25) is 14.2 Å². The minimum absolute atomic E-state index is 0. The van der Waals surface area contributed by atoms with Gasteiger partial charge in [-0.15, -0.1) is 49.6 Å². The zero-order chi connectivity index (χ0) is 10.4. The summed E-state index contributed by atoms with van der Waals surface area (Å²) in [6, 6.07) is 0. The van der Waals surface area contributed by atoms with E-state index in [1.165, 1.54) is 0 Å². The van der Waals surface area contributed by atoms with Gasteiger partial charge in [0, 0.05) is 0 Å². The van der Waals surface area contributed by atoms with Gasteiger partial charge in [-0.2, -0.15) is 0 Å². The minimum Gasteiger partial charge on any atom is -0.147 e. The van der Waals surface area contributed by atoms with Crippen molar-refractivity contribution in [1.82, 2.24) is 0 Å². The Morgan fingerprint density at radius 2 is 0.722 bits per heavy atom. The van der Waals surface area contributed by atoms with Crippen molar-refractivity contribution in [3.63, 3.8) is 0 Å². The average Bonchev–Trinajstić information content (AvgIpc) is 1.80. The molecule has 0 saturated carbocycles. The van der Waals surface area contributed by atoms with Crippen LogP contribution >= 0.6 is 49.6 Å². The van der Waals surface area contributed by atoms with Gasteiger partial charge in [-0.05, 0) is 0 Å². The maximum atomic E-state index is 2.38. The van der Waals surface area contributed by atoms with E-state index < -0.39 is 17.9 Å². The fraction of sp³-hybridized carbons (Fsp3) is 1.00. The van der Waals surface area contributed by atoms with Gasteiger partial charge in [-0.25, -0.2) is 0 Å². The van der Waals surface area contributed by atoms with Crippen molar-refractivity contribution in [3.05, 3.63) is 0 Å². The van der Waals surface area contributed by atoms with Gasteiger partial charge in [0.25, 0.3) is 0 Å². The number of hydrogen-bond donors (Lipinski definition) is 0. The van der Waals surface area contributed by atoms with E-state index in [1.54, 1.807) is 14.2 Å². The predicted molar refractivity (Wildman–Crippen MR) is 97.9 cm³/mol. The molecule has 0 atom stereocenters. The van der Waals surface area contributed by atoms with E-state index in [1.807, 2.05) is 0 Å². The molecule has 0 N–H and O–H groups in total. The Morgan fingerprint density at radius 3 is 0.833 bits per heavy atom. The van der Waals surface area contributed by atoms with E-state index in [0.29, 0.717) is 0 Å². The maximum Gasteiger partial charge on any atom is 0.187 e. The summed E-state index contributed by atoms with van der Waals surface area (Å²) < 4.78 is 4.74. The standard InChI is InChI=1S/3C4H9.Al.4ClH.Ti.3H/c3*1-4(2)3;;;;;;;;;/h3*4H,1H2,2-3H3;;4*1H;;;;. The molecule has 0 aromatic rings. The molecule has 0 saturated heterocycles. The van der Waals surface area contributed by atoms with Gasteiger partial charge in [0.1, 0.15) is 0 Å². The van der Waals surface area contributed by atoms with Gasteiger partial charge in [-0.1, -0.05) is 0 Å². The molecule has 6 heteroatoms. The van der Waals surface area contributed by atoms with Crippen molar-refractivity contribution in [1.29, 1.82) is 0 Å². The van der Waals surface area contributed by atoms with Crippen molar-refractivity contribution in [2.45, 2.75) is 55.7 Å². The Kier molecular flexibility index (Phi) is 44.6. The molecule has 0 unspecified atom stereocenters. The SMILES string of the molecule is CC(C)[CH2][Ti]([CH2]C(C)C)[CH2]C(C)C.Cl.Cl.Cl.Cl.[AlH3]. The smallest absolute Gasteiger partial charge is 0.147 e. The molecule has 0 fully saturated rings. The molecular weight excluding hydrogens is 361 g/mol. The summed E-state index contributed by atoms with van der Waals surface area (Å²) in [6.07, 6.45) is 0. The van der Waals surface area contributed by atoms with Crippen molar-refractivity contribution in [2.75, 3.05) is 0 Å². The molecule has 0 heterocycles. The van der Waals surface area contributed by atoms with Crippen LogP contribution in [0.15, 0.2) is 0 Å². The van der Waals surface area contributed by atoms with E-state index >= 15 is 0 Å². The van der Waals surface area contributed by atoms with E-state index in [0.717, 1.165) is 17.8 Å². The molecule has 0 radical (unpaired) electrons. The maximum absolute atomic E-state index is 2.38. The quantitative estimate of drug-likeness (QED) is 0.534. The number of rotatable bonds is 6. The molecule has 0 nitrogen and oxygen atoms in total. The van der Waals surface area contributed by atoms with Gasteiger partial charge in [0.2, 0.25) is 0 Å². The second kappa shape index (κ2) is 21.7. The Morgan fingerprint density at radius 1 is 0.556 bits per heavy atom. The van der Waals surface area contributed by atoms with Gasteiger partial charge >= 0.3 is 91.3 Å². The monoisotopic (exact) mass is 393 g/mol. The van der Waals surface area contributed by atoms with Crippen LogP contribution in [0.3, 0.4) is 0 Å². The molecule has 18 heavy (non-hydrogen) atoms. The molecule has 0 aromatic heterocycles. The first-order chi connectivity index (χ1) is 5.91. The van der Waals surface area contributed by atoms with E-state index in [4.69, 9.17) is 0 Å². The van der Waals surface area contributed by atoms with Crippen LogP contribution in [-0.2, 0) is 17.9 Å². The van der Waals surface area contributed by atoms with E-state index in [2.05, 4.69) is 41.5 Å². The van der Waals surface area contributed by atoms with Gasteiger partial charge in [-0.3, -0.25) is 0 Å². The molecule has 0 bridgehead atoms. The summed E-state index contributed by atoms with van der Waals surface area (Å²) in [5.74, 6) is 2.81. The van der Waals surface area contributed by atoms with Crippen LogP contribution in [-0.4, -0.2) is 17.4 Å². The van der Waals surface area contributed by atoms with Crippen LogP contribution in [0, 0.1) is 17.8 Å². The summed E-state index contributed by atoms with van der Waals surface area (Å²) in [5, 5.41) is 0. The number of hydrogen-bond acceptors (Lipinski definition) is 0. The summed E-state index contributed by atoms with van der Waals surface area (Å²) >= 11 is -0.681. The largest absolute Gasteiger partial charge is 0.187 e. The van der Waals surface area contributed by atoms with Gasteiger partial charge in [0.15, 0.2) is 17.4 Å². The third kappa shape index (κ3) is 26.9. The molecule has 0 aliphatic heterocycles. The van der Waals surface area contributed by atoms with Crippen molar-refractivity contribution in [3.8, 4) is 0 Å². The second-order valence-electron chi connectivity index (χ2n) is 5.54. The summed E-state index contributed by atoms with van der Waals surface area (Å²) in [7, 11) is 0. The molecule has 0 spiro atoms. The Balaban J connectivity index is -0.0000000720. The molecule has 0 aromatic carbocycles. The second-order valence-corrected chi connectivity index (χ2v) is 9.80. The first-order valence-electron chi connectivity index (χ1n) is 5.75. The first kappa shape index (κ1) is 37.0. The third-order valence-electron chi connectivity index (χ3n) is 2.09. The van der Waals surface area contributed by atoms with Crippen LogP contribution in [0.5, 0.6) is 0 Å². The Hall–Kier alpha value is 2.41. The van der Waals surface area contributed by atoms with Crippen molar-refractivity contribution in [2.24, 2.45) is 17.8 Å². The van der Waals surface area contributed by atoms with Crippen molar-refractivity contribution >= 4 is 67.0 Å². The molecule has 117 valence electrons. The van der Waals surface area contributed by atoms with Crippen LogP contribution in [0.1, 0.15) is 41.5 Å². The topological polar surface area (TPSA) is 0 Å². The van der Waals surface area contributed by atoms with E-state index in [9.17, 15) is 0 Å². The predicted octanol–water partition coefficient (Wildman–Crippen LogP) is 5.33. The summed E-state index contributed by atoms with van der Waals surface area (Å²) in [5.41, 5.74) is 0. The summed E-state index contributed by atoms with van der Waals surface area (Å²) in [4.78, 5) is 0. The normalized spacial score (nSPS) is 8.50. The molecule has 0 aliphatic carbocycles. The Bertz CT molecular complexity index is 111.